The molecule has 0 aromatic carbocycles. The predicted octanol–water partition coefficient (Wildman–Crippen LogP) is 3.08. The Morgan fingerprint density at radius 2 is 1.75 bits per heavy atom. The van der Waals surface area contributed by atoms with Crippen LogP contribution in [0.2, 0.25) is 0 Å². The van der Waals surface area contributed by atoms with E-state index in [1.165, 1.54) is 21.8 Å². The molecule has 0 aliphatic carbocycles. The number of ether oxygens (including phenoxy) is 2. The van der Waals surface area contributed by atoms with Gasteiger partial charge in [-0.05, 0) is 48.0 Å². The lowest BCUT2D eigenvalue weighted by Crippen LogP contribution is -2.39. The minimum atomic E-state index is -1.12. The highest BCUT2D eigenvalue weighted by atomic mass is 16.6. The van der Waals surface area contributed by atoms with Crippen molar-refractivity contribution < 1.29 is 29.0 Å². The van der Waals surface area contributed by atoms with Crippen LogP contribution in [0.5, 0.6) is 0 Å². The molecule has 32 heavy (non-hydrogen) atoms. The monoisotopic (exact) mass is 449 g/mol. The number of carboxylic acids is 1. The van der Waals surface area contributed by atoms with Gasteiger partial charge in [-0.15, -0.1) is 0 Å². The standard InChI is InChI=1S/C21H31N5O6/c1-20(2,3)31-18(29)22-8-7-9-25(19(30)32-21(4,5)6)12-14-10-23-16-15(17(27)28)11-24-26(16)13-14/h10-11,13H,7-9,12H2,1-6H3,(H,22,29)(H,27,28). The van der Waals surface area contributed by atoms with E-state index < -0.39 is 29.4 Å². The Bertz CT molecular complexity index is 973. The van der Waals surface area contributed by atoms with Gasteiger partial charge >= 0.3 is 18.2 Å². The van der Waals surface area contributed by atoms with E-state index >= 15 is 0 Å². The molecular weight excluding hydrogens is 418 g/mol. The fourth-order valence-corrected chi connectivity index (χ4v) is 2.70. The highest BCUT2D eigenvalue weighted by Gasteiger charge is 2.23. The predicted molar refractivity (Wildman–Crippen MR) is 115 cm³/mol. The SMILES string of the molecule is CC(C)(C)OC(=O)NCCCN(Cc1cnc2c(C(=O)O)cnn2c1)C(=O)OC(C)(C)C. The first kappa shape index (κ1) is 24.9. The zero-order valence-corrected chi connectivity index (χ0v) is 19.3. The summed E-state index contributed by atoms with van der Waals surface area (Å²) in [6, 6.07) is 0. The number of amides is 2. The number of nitrogens with one attached hydrogen (secondary N) is 1. The van der Waals surface area contributed by atoms with Crippen LogP contribution in [0.25, 0.3) is 5.65 Å². The van der Waals surface area contributed by atoms with E-state index in [2.05, 4.69) is 15.4 Å². The van der Waals surface area contributed by atoms with Crippen molar-refractivity contribution in [1.29, 1.82) is 0 Å². The summed E-state index contributed by atoms with van der Waals surface area (Å²) in [7, 11) is 0. The quantitative estimate of drug-likeness (QED) is 0.616. The number of fused-ring (bicyclic) bond motifs is 1. The minimum absolute atomic E-state index is 0.00577. The Labute approximate surface area is 186 Å². The van der Waals surface area contributed by atoms with Gasteiger partial charge in [0.15, 0.2) is 5.65 Å². The highest BCUT2D eigenvalue weighted by Crippen LogP contribution is 2.15. The van der Waals surface area contributed by atoms with Crippen LogP contribution < -0.4 is 5.32 Å². The van der Waals surface area contributed by atoms with Gasteiger partial charge in [-0.2, -0.15) is 5.10 Å². The van der Waals surface area contributed by atoms with Crippen molar-refractivity contribution in [2.75, 3.05) is 13.1 Å². The molecule has 0 radical (unpaired) electrons. The molecule has 11 nitrogen and oxygen atoms in total. The fraction of sp³-hybridized carbons (Fsp3) is 0.571. The van der Waals surface area contributed by atoms with E-state index in [4.69, 9.17) is 9.47 Å². The summed E-state index contributed by atoms with van der Waals surface area (Å²) in [6.07, 6.45) is 3.78. The molecule has 0 spiro atoms. The van der Waals surface area contributed by atoms with Crippen molar-refractivity contribution in [2.45, 2.75) is 65.7 Å². The molecular formula is C21H31N5O6. The molecule has 0 saturated heterocycles. The highest BCUT2D eigenvalue weighted by molar-refractivity contribution is 5.94. The number of aromatic nitrogens is 3. The lowest BCUT2D eigenvalue weighted by molar-refractivity contribution is 0.0231. The molecule has 2 aromatic heterocycles. The summed E-state index contributed by atoms with van der Waals surface area (Å²) < 4.78 is 12.0. The molecule has 0 unspecified atom stereocenters. The first-order valence-corrected chi connectivity index (χ1v) is 10.3. The molecule has 2 amide bonds. The number of carbonyl (C=O) groups excluding carboxylic acids is 2. The van der Waals surface area contributed by atoms with Crippen molar-refractivity contribution in [2.24, 2.45) is 0 Å². The van der Waals surface area contributed by atoms with E-state index in [0.29, 0.717) is 25.1 Å². The van der Waals surface area contributed by atoms with Gasteiger partial charge in [0.1, 0.15) is 16.8 Å². The summed E-state index contributed by atoms with van der Waals surface area (Å²) in [6.45, 7) is 11.5. The molecule has 11 heteroatoms. The van der Waals surface area contributed by atoms with E-state index in [9.17, 15) is 19.5 Å². The number of aromatic carboxylic acids is 1. The third-order valence-electron chi connectivity index (χ3n) is 3.94. The molecule has 0 atom stereocenters. The molecule has 2 heterocycles. The first-order chi connectivity index (χ1) is 14.7. The normalized spacial score (nSPS) is 11.8. The summed E-state index contributed by atoms with van der Waals surface area (Å²) in [4.78, 5) is 41.4. The van der Waals surface area contributed by atoms with Crippen LogP contribution in [0.15, 0.2) is 18.6 Å². The summed E-state index contributed by atoms with van der Waals surface area (Å²) in [5.74, 6) is -1.12. The Hall–Kier alpha value is -3.37. The summed E-state index contributed by atoms with van der Waals surface area (Å²) >= 11 is 0. The van der Waals surface area contributed by atoms with Gasteiger partial charge in [-0.3, -0.25) is 0 Å². The van der Waals surface area contributed by atoms with Crippen molar-refractivity contribution in [3.8, 4) is 0 Å². The lowest BCUT2D eigenvalue weighted by Gasteiger charge is -2.27. The second-order valence-corrected chi connectivity index (χ2v) is 9.28. The van der Waals surface area contributed by atoms with E-state index in [1.807, 2.05) is 0 Å². The van der Waals surface area contributed by atoms with Gasteiger partial charge < -0.3 is 24.8 Å². The van der Waals surface area contributed by atoms with Crippen LogP contribution in [0, 0.1) is 0 Å². The average molecular weight is 450 g/mol. The second kappa shape index (κ2) is 9.84. The number of hydrogen-bond acceptors (Lipinski definition) is 7. The van der Waals surface area contributed by atoms with Gasteiger partial charge in [0.25, 0.3) is 0 Å². The van der Waals surface area contributed by atoms with Crippen molar-refractivity contribution >= 4 is 23.8 Å². The van der Waals surface area contributed by atoms with E-state index in [0.717, 1.165) is 0 Å². The molecule has 2 aromatic rings. The maximum absolute atomic E-state index is 12.7. The molecule has 0 bridgehead atoms. The summed E-state index contributed by atoms with van der Waals surface area (Å²) in [5, 5.41) is 15.9. The number of rotatable bonds is 7. The summed E-state index contributed by atoms with van der Waals surface area (Å²) in [5.41, 5.74) is -0.417. The molecule has 0 saturated carbocycles. The molecule has 0 aliphatic heterocycles. The average Bonchev–Trinajstić information content (AvgIpc) is 3.04. The van der Waals surface area contributed by atoms with E-state index in [-0.39, 0.29) is 17.8 Å². The van der Waals surface area contributed by atoms with Gasteiger partial charge in [-0.25, -0.2) is 23.9 Å². The van der Waals surface area contributed by atoms with Gasteiger partial charge in [0, 0.05) is 31.0 Å². The van der Waals surface area contributed by atoms with Gasteiger partial charge in [0.05, 0.1) is 12.7 Å². The third-order valence-corrected chi connectivity index (χ3v) is 3.94. The fourth-order valence-electron chi connectivity index (χ4n) is 2.70. The maximum Gasteiger partial charge on any atom is 0.410 e. The number of carbonyl (C=O) groups is 3. The topological polar surface area (TPSA) is 135 Å². The lowest BCUT2D eigenvalue weighted by atomic mass is 10.2. The van der Waals surface area contributed by atoms with Gasteiger partial charge in [0.2, 0.25) is 0 Å². The Kier molecular flexibility index (Phi) is 7.65. The van der Waals surface area contributed by atoms with Crippen LogP contribution in [-0.4, -0.2) is 67.1 Å². The largest absolute Gasteiger partial charge is 0.477 e. The Balaban J connectivity index is 2.06. The number of hydrogen-bond donors (Lipinski definition) is 2. The molecule has 0 aliphatic rings. The molecule has 0 fully saturated rings. The van der Waals surface area contributed by atoms with Crippen LogP contribution in [0.1, 0.15) is 63.9 Å². The van der Waals surface area contributed by atoms with Gasteiger partial charge in [-0.1, -0.05) is 0 Å². The number of carboxylic acid groups (broad SMARTS) is 1. The van der Waals surface area contributed by atoms with Crippen molar-refractivity contribution in [1.82, 2.24) is 24.8 Å². The van der Waals surface area contributed by atoms with Crippen LogP contribution in [-0.2, 0) is 16.0 Å². The molecule has 2 rings (SSSR count). The molecule has 2 N–H and O–H groups in total. The smallest absolute Gasteiger partial charge is 0.410 e. The Morgan fingerprint density at radius 1 is 1.09 bits per heavy atom. The third kappa shape index (κ3) is 7.71. The number of nitrogens with zero attached hydrogens (tertiary/aromatic N) is 4. The van der Waals surface area contributed by atoms with Crippen molar-refractivity contribution in [3.05, 3.63) is 29.7 Å². The Morgan fingerprint density at radius 3 is 2.34 bits per heavy atom. The zero-order chi connectivity index (χ0) is 24.1. The van der Waals surface area contributed by atoms with Crippen LogP contribution >= 0.6 is 0 Å². The van der Waals surface area contributed by atoms with E-state index in [1.54, 1.807) is 47.7 Å². The number of alkyl carbamates (subject to hydrolysis) is 1. The van der Waals surface area contributed by atoms with Crippen LogP contribution in [0.3, 0.4) is 0 Å². The second-order valence-electron chi connectivity index (χ2n) is 9.28. The molecule has 176 valence electrons. The van der Waals surface area contributed by atoms with Crippen molar-refractivity contribution in [3.63, 3.8) is 0 Å². The van der Waals surface area contributed by atoms with Crippen LogP contribution in [0.4, 0.5) is 9.59 Å². The first-order valence-electron chi connectivity index (χ1n) is 10.3. The minimum Gasteiger partial charge on any atom is -0.477 e. The maximum atomic E-state index is 12.7. The zero-order valence-electron chi connectivity index (χ0n) is 19.3.